The van der Waals surface area contributed by atoms with Crippen molar-refractivity contribution in [2.75, 3.05) is 38.9 Å². The first-order chi connectivity index (χ1) is 10.1. The van der Waals surface area contributed by atoms with Crippen LogP contribution in [0.3, 0.4) is 0 Å². The van der Waals surface area contributed by atoms with Crippen molar-refractivity contribution in [1.82, 2.24) is 4.90 Å². The Morgan fingerprint density at radius 1 is 1.29 bits per heavy atom. The van der Waals surface area contributed by atoms with E-state index in [1.54, 1.807) is 23.1 Å². The lowest BCUT2D eigenvalue weighted by atomic mass is 10.2. The smallest absolute Gasteiger partial charge is 0.319 e. The average Bonchev–Trinajstić information content (AvgIpc) is 2.93. The summed E-state index contributed by atoms with van der Waals surface area (Å²) in [6.07, 6.45) is 0. The van der Waals surface area contributed by atoms with E-state index < -0.39 is 0 Å². The van der Waals surface area contributed by atoms with Gasteiger partial charge in [0.1, 0.15) is 0 Å². The van der Waals surface area contributed by atoms with Crippen LogP contribution < -0.4 is 14.8 Å². The molecule has 21 heavy (non-hydrogen) atoms. The summed E-state index contributed by atoms with van der Waals surface area (Å²) in [6.45, 7) is 2.83. The molecule has 1 amide bonds. The third kappa shape index (κ3) is 4.09. The fraction of sp³-hybridized carbons (Fsp3) is 0.429. The summed E-state index contributed by atoms with van der Waals surface area (Å²) in [6, 6.07) is 5.18. The normalized spacial score (nSPS) is 12.3. The van der Waals surface area contributed by atoms with Crippen LogP contribution in [-0.2, 0) is 14.3 Å². The summed E-state index contributed by atoms with van der Waals surface area (Å²) in [5.74, 6) is 0.691. The Balaban J connectivity index is 1.90. The lowest BCUT2D eigenvalue weighted by molar-refractivity contribution is -0.142. The van der Waals surface area contributed by atoms with Crippen molar-refractivity contribution in [3.8, 4) is 11.5 Å². The van der Waals surface area contributed by atoms with Gasteiger partial charge in [0.2, 0.25) is 12.7 Å². The molecule has 0 fully saturated rings. The maximum atomic E-state index is 12.0. The third-order valence-electron chi connectivity index (χ3n) is 3.05. The molecule has 2 rings (SSSR count). The zero-order chi connectivity index (χ0) is 15.2. The van der Waals surface area contributed by atoms with Crippen molar-refractivity contribution < 1.29 is 23.8 Å². The van der Waals surface area contributed by atoms with Crippen LogP contribution in [-0.4, -0.2) is 50.3 Å². The molecule has 1 aliphatic rings. The molecule has 0 spiro atoms. The summed E-state index contributed by atoms with van der Waals surface area (Å²) in [7, 11) is 1.32. The SMILES string of the molecule is CCN(CC(=O)Nc1ccc2c(c1)OCO2)CC(=O)OC. The summed E-state index contributed by atoms with van der Waals surface area (Å²) in [5, 5.41) is 2.76. The van der Waals surface area contributed by atoms with Crippen LogP contribution in [0.15, 0.2) is 18.2 Å². The molecule has 1 aromatic rings. The van der Waals surface area contributed by atoms with Gasteiger partial charge in [0.05, 0.1) is 20.2 Å². The van der Waals surface area contributed by atoms with Gasteiger partial charge in [-0.1, -0.05) is 6.92 Å². The summed E-state index contributed by atoms with van der Waals surface area (Å²) < 4.78 is 15.0. The lowest BCUT2D eigenvalue weighted by Crippen LogP contribution is -2.37. The van der Waals surface area contributed by atoms with Crippen molar-refractivity contribution in [1.29, 1.82) is 0 Å². The van der Waals surface area contributed by atoms with Crippen LogP contribution in [0.25, 0.3) is 0 Å². The van der Waals surface area contributed by atoms with E-state index in [2.05, 4.69) is 10.1 Å². The summed E-state index contributed by atoms with van der Waals surface area (Å²) in [4.78, 5) is 24.9. The van der Waals surface area contributed by atoms with Crippen LogP contribution in [0.5, 0.6) is 11.5 Å². The average molecular weight is 294 g/mol. The molecule has 114 valence electrons. The molecule has 1 aliphatic heterocycles. The van der Waals surface area contributed by atoms with Crippen molar-refractivity contribution in [2.45, 2.75) is 6.92 Å². The Kier molecular flexibility index (Phi) is 4.99. The number of anilines is 1. The van der Waals surface area contributed by atoms with Gasteiger partial charge in [-0.05, 0) is 18.7 Å². The van der Waals surface area contributed by atoms with Gasteiger partial charge in [-0.15, -0.1) is 0 Å². The second-order valence-electron chi connectivity index (χ2n) is 4.50. The van der Waals surface area contributed by atoms with E-state index in [1.165, 1.54) is 7.11 Å². The molecule has 1 aromatic carbocycles. The highest BCUT2D eigenvalue weighted by Gasteiger charge is 2.16. The van der Waals surface area contributed by atoms with E-state index in [0.717, 1.165) is 0 Å². The van der Waals surface area contributed by atoms with Gasteiger partial charge >= 0.3 is 5.97 Å². The number of likely N-dealkylation sites (N-methyl/N-ethyl adjacent to an activating group) is 1. The van der Waals surface area contributed by atoms with E-state index in [9.17, 15) is 9.59 Å². The molecule has 0 aliphatic carbocycles. The number of rotatable bonds is 6. The number of carbonyl (C=O) groups excluding carboxylic acids is 2. The third-order valence-corrected chi connectivity index (χ3v) is 3.05. The summed E-state index contributed by atoms with van der Waals surface area (Å²) >= 11 is 0. The fourth-order valence-corrected chi connectivity index (χ4v) is 1.90. The predicted molar refractivity (Wildman–Crippen MR) is 75.3 cm³/mol. The number of benzene rings is 1. The number of fused-ring (bicyclic) bond motifs is 1. The van der Waals surface area contributed by atoms with Crippen molar-refractivity contribution in [3.63, 3.8) is 0 Å². The minimum Gasteiger partial charge on any atom is -0.468 e. The number of nitrogens with zero attached hydrogens (tertiary/aromatic N) is 1. The molecule has 0 saturated carbocycles. The maximum Gasteiger partial charge on any atom is 0.319 e. The van der Waals surface area contributed by atoms with Gasteiger partial charge in [0, 0.05) is 11.8 Å². The Morgan fingerprint density at radius 3 is 2.76 bits per heavy atom. The molecular weight excluding hydrogens is 276 g/mol. The Labute approximate surface area is 122 Å². The Bertz CT molecular complexity index is 532. The first kappa shape index (κ1) is 15.1. The van der Waals surface area contributed by atoms with Gasteiger partial charge in [-0.2, -0.15) is 0 Å². The molecule has 0 saturated heterocycles. The number of amides is 1. The fourth-order valence-electron chi connectivity index (χ4n) is 1.90. The molecule has 0 atom stereocenters. The number of methoxy groups -OCH3 is 1. The van der Waals surface area contributed by atoms with Crippen LogP contribution in [0.2, 0.25) is 0 Å². The second kappa shape index (κ2) is 6.94. The number of ether oxygens (including phenoxy) is 3. The number of hydrogen-bond donors (Lipinski definition) is 1. The zero-order valence-corrected chi connectivity index (χ0v) is 12.0. The minimum absolute atomic E-state index is 0.0849. The van der Waals surface area contributed by atoms with Gasteiger partial charge in [0.15, 0.2) is 11.5 Å². The largest absolute Gasteiger partial charge is 0.468 e. The number of carbonyl (C=O) groups is 2. The first-order valence-corrected chi connectivity index (χ1v) is 6.61. The van der Waals surface area contributed by atoms with Crippen molar-refractivity contribution >= 4 is 17.6 Å². The summed E-state index contributed by atoms with van der Waals surface area (Å²) in [5.41, 5.74) is 0.623. The molecule has 1 N–H and O–H groups in total. The van der Waals surface area contributed by atoms with E-state index in [1.807, 2.05) is 6.92 Å². The zero-order valence-electron chi connectivity index (χ0n) is 12.0. The van der Waals surface area contributed by atoms with Crippen LogP contribution in [0, 0.1) is 0 Å². The lowest BCUT2D eigenvalue weighted by Gasteiger charge is -2.18. The van der Waals surface area contributed by atoms with Gasteiger partial charge in [-0.3, -0.25) is 14.5 Å². The second-order valence-corrected chi connectivity index (χ2v) is 4.50. The molecule has 0 bridgehead atoms. The molecule has 7 nitrogen and oxygen atoms in total. The topological polar surface area (TPSA) is 77.1 Å². The van der Waals surface area contributed by atoms with Gasteiger partial charge in [-0.25, -0.2) is 0 Å². The van der Waals surface area contributed by atoms with Crippen LogP contribution >= 0.6 is 0 Å². The highest BCUT2D eigenvalue weighted by Crippen LogP contribution is 2.34. The molecule has 0 unspecified atom stereocenters. The number of nitrogens with one attached hydrogen (secondary N) is 1. The number of esters is 1. The molecule has 0 aromatic heterocycles. The molecule has 0 radical (unpaired) electrons. The van der Waals surface area contributed by atoms with Crippen LogP contribution in [0.4, 0.5) is 5.69 Å². The monoisotopic (exact) mass is 294 g/mol. The molecule has 7 heteroatoms. The standard InChI is InChI=1S/C14H18N2O5/c1-3-16(8-14(18)19-2)7-13(17)15-10-4-5-11-12(6-10)21-9-20-11/h4-6H,3,7-9H2,1-2H3,(H,15,17). The molecular formula is C14H18N2O5. The maximum absolute atomic E-state index is 12.0. The van der Waals surface area contributed by atoms with Crippen LogP contribution in [0.1, 0.15) is 6.92 Å². The van der Waals surface area contributed by atoms with E-state index in [-0.39, 0.29) is 31.8 Å². The predicted octanol–water partition coefficient (Wildman–Crippen LogP) is 0.849. The van der Waals surface area contributed by atoms with Crippen molar-refractivity contribution in [2.24, 2.45) is 0 Å². The molecule has 1 heterocycles. The quantitative estimate of drug-likeness (QED) is 0.784. The van der Waals surface area contributed by atoms with E-state index in [4.69, 9.17) is 9.47 Å². The Morgan fingerprint density at radius 2 is 2.05 bits per heavy atom. The van der Waals surface area contributed by atoms with Crippen molar-refractivity contribution in [3.05, 3.63) is 18.2 Å². The van der Waals surface area contributed by atoms with E-state index in [0.29, 0.717) is 23.7 Å². The van der Waals surface area contributed by atoms with Gasteiger partial charge in [0.25, 0.3) is 0 Å². The van der Waals surface area contributed by atoms with E-state index >= 15 is 0 Å². The Hall–Kier alpha value is -2.28. The van der Waals surface area contributed by atoms with Gasteiger partial charge < -0.3 is 19.5 Å². The number of hydrogen-bond acceptors (Lipinski definition) is 6. The minimum atomic E-state index is -0.368. The highest BCUT2D eigenvalue weighted by molar-refractivity contribution is 5.92. The first-order valence-electron chi connectivity index (χ1n) is 6.61. The highest BCUT2D eigenvalue weighted by atomic mass is 16.7.